The van der Waals surface area contributed by atoms with E-state index in [9.17, 15) is 9.59 Å². The van der Waals surface area contributed by atoms with Crippen molar-refractivity contribution in [3.63, 3.8) is 0 Å². The molecule has 2 amide bonds. The van der Waals surface area contributed by atoms with Gasteiger partial charge in [-0.05, 0) is 25.0 Å². The normalized spacial score (nSPS) is 17.4. The number of hydrogen-bond acceptors (Lipinski definition) is 6. The average Bonchev–Trinajstić information content (AvgIpc) is 3.45. The number of benzene rings is 1. The lowest BCUT2D eigenvalue weighted by Gasteiger charge is -2.34. The van der Waals surface area contributed by atoms with Gasteiger partial charge in [0.1, 0.15) is 0 Å². The number of amides is 2. The number of nitrogens with zero attached hydrogens (tertiary/aromatic N) is 5. The Balaban J connectivity index is 1.38. The lowest BCUT2D eigenvalue weighted by Crippen LogP contribution is -2.51. The molecule has 1 aliphatic carbocycles. The molecule has 0 bridgehead atoms. The molecule has 0 unspecified atom stereocenters. The number of halogens is 1. The summed E-state index contributed by atoms with van der Waals surface area (Å²) < 4.78 is 5.78. The molecule has 2 aromatic rings. The van der Waals surface area contributed by atoms with Gasteiger partial charge in [-0.2, -0.15) is 0 Å². The average molecular weight is 418 g/mol. The van der Waals surface area contributed by atoms with Gasteiger partial charge in [0.2, 0.25) is 23.6 Å². The fraction of sp³-hybridized carbons (Fsp3) is 0.500. The fourth-order valence-corrected chi connectivity index (χ4v) is 3.73. The summed E-state index contributed by atoms with van der Waals surface area (Å²) in [6.07, 6.45) is 1.99. The van der Waals surface area contributed by atoms with Crippen molar-refractivity contribution in [1.29, 1.82) is 0 Å². The first-order valence-electron chi connectivity index (χ1n) is 9.86. The van der Waals surface area contributed by atoms with Crippen LogP contribution in [-0.2, 0) is 16.1 Å². The highest BCUT2D eigenvalue weighted by Crippen LogP contribution is 2.30. The second-order valence-electron chi connectivity index (χ2n) is 7.52. The van der Waals surface area contributed by atoms with Crippen molar-refractivity contribution in [3.05, 3.63) is 35.2 Å². The molecular weight excluding hydrogens is 394 g/mol. The molecule has 1 saturated heterocycles. The predicted octanol–water partition coefficient (Wildman–Crippen LogP) is 2.05. The van der Waals surface area contributed by atoms with Gasteiger partial charge in [0, 0.05) is 39.1 Å². The van der Waals surface area contributed by atoms with Gasteiger partial charge < -0.3 is 14.2 Å². The molecule has 2 heterocycles. The number of carbonyl (C=O) groups excluding carboxylic acids is 2. The summed E-state index contributed by atoms with van der Waals surface area (Å²) in [4.78, 5) is 30.1. The standard InChI is InChI=1S/C20H24ClN5O3/c1-14(27)25-10-8-24(9-11-25)13-19(28)26(15-6-7-15)12-18-22-23-20(29-18)16-4-2-3-5-17(16)21/h2-5,15H,6-13H2,1H3. The third-order valence-electron chi connectivity index (χ3n) is 5.36. The van der Waals surface area contributed by atoms with Crippen LogP contribution < -0.4 is 0 Å². The summed E-state index contributed by atoms with van der Waals surface area (Å²) in [5.74, 6) is 0.901. The van der Waals surface area contributed by atoms with Crippen molar-refractivity contribution in [1.82, 2.24) is 24.9 Å². The topological polar surface area (TPSA) is 82.8 Å². The summed E-state index contributed by atoms with van der Waals surface area (Å²) in [6, 6.07) is 7.53. The van der Waals surface area contributed by atoms with Crippen LogP contribution in [-0.4, -0.2) is 75.5 Å². The Labute approximate surface area is 174 Å². The molecule has 1 aromatic heterocycles. The molecule has 1 aliphatic heterocycles. The van der Waals surface area contributed by atoms with E-state index < -0.39 is 0 Å². The van der Waals surface area contributed by atoms with Gasteiger partial charge in [0.15, 0.2) is 0 Å². The number of carbonyl (C=O) groups is 2. The molecular formula is C20H24ClN5O3. The summed E-state index contributed by atoms with van der Waals surface area (Å²) in [5.41, 5.74) is 0.681. The van der Waals surface area contributed by atoms with Crippen LogP contribution >= 0.6 is 11.6 Å². The Morgan fingerprint density at radius 3 is 2.55 bits per heavy atom. The second-order valence-corrected chi connectivity index (χ2v) is 7.92. The molecule has 2 fully saturated rings. The SMILES string of the molecule is CC(=O)N1CCN(CC(=O)N(Cc2nnc(-c3ccccc3Cl)o2)C2CC2)CC1. The van der Waals surface area contributed by atoms with E-state index in [1.54, 1.807) is 13.0 Å². The quantitative estimate of drug-likeness (QED) is 0.715. The van der Waals surface area contributed by atoms with E-state index >= 15 is 0 Å². The Hall–Kier alpha value is -2.45. The number of rotatable bonds is 6. The van der Waals surface area contributed by atoms with E-state index in [0.717, 1.165) is 12.8 Å². The summed E-state index contributed by atoms with van der Waals surface area (Å²) in [7, 11) is 0. The van der Waals surface area contributed by atoms with Crippen LogP contribution in [0.25, 0.3) is 11.5 Å². The molecule has 4 rings (SSSR count). The first-order valence-corrected chi connectivity index (χ1v) is 10.2. The zero-order valence-corrected chi connectivity index (χ0v) is 17.1. The van der Waals surface area contributed by atoms with E-state index in [1.165, 1.54) is 0 Å². The lowest BCUT2D eigenvalue weighted by atomic mass is 10.2. The van der Waals surface area contributed by atoms with Gasteiger partial charge in [0.05, 0.1) is 23.7 Å². The van der Waals surface area contributed by atoms with Crippen LogP contribution in [0, 0.1) is 0 Å². The minimum Gasteiger partial charge on any atom is -0.419 e. The summed E-state index contributed by atoms with van der Waals surface area (Å²) >= 11 is 6.20. The Bertz CT molecular complexity index is 890. The van der Waals surface area contributed by atoms with Gasteiger partial charge in [-0.15, -0.1) is 10.2 Å². The number of piperazine rings is 1. The molecule has 0 N–H and O–H groups in total. The number of aromatic nitrogens is 2. The lowest BCUT2D eigenvalue weighted by molar-refractivity contribution is -0.135. The van der Waals surface area contributed by atoms with E-state index in [1.807, 2.05) is 28.0 Å². The third-order valence-corrected chi connectivity index (χ3v) is 5.69. The Kier molecular flexibility index (Phi) is 5.82. The molecule has 154 valence electrons. The van der Waals surface area contributed by atoms with Gasteiger partial charge in [-0.1, -0.05) is 23.7 Å². The summed E-state index contributed by atoms with van der Waals surface area (Å²) in [5, 5.41) is 8.75. The molecule has 29 heavy (non-hydrogen) atoms. The van der Waals surface area contributed by atoms with Gasteiger partial charge in [0.25, 0.3) is 0 Å². The van der Waals surface area contributed by atoms with E-state index in [-0.39, 0.29) is 17.9 Å². The first kappa shape index (κ1) is 19.8. The van der Waals surface area contributed by atoms with E-state index in [2.05, 4.69) is 15.1 Å². The van der Waals surface area contributed by atoms with Gasteiger partial charge in [-0.25, -0.2) is 0 Å². The zero-order chi connectivity index (χ0) is 20.4. The maximum atomic E-state index is 12.9. The van der Waals surface area contributed by atoms with Crippen LogP contribution in [0.1, 0.15) is 25.7 Å². The number of hydrogen-bond donors (Lipinski definition) is 0. The van der Waals surface area contributed by atoms with Crippen molar-refractivity contribution in [2.24, 2.45) is 0 Å². The van der Waals surface area contributed by atoms with Crippen LogP contribution in [0.2, 0.25) is 5.02 Å². The van der Waals surface area contributed by atoms with E-state index in [4.69, 9.17) is 16.0 Å². The van der Waals surface area contributed by atoms with Crippen LogP contribution in [0.5, 0.6) is 0 Å². The van der Waals surface area contributed by atoms with Crippen LogP contribution in [0.3, 0.4) is 0 Å². The van der Waals surface area contributed by atoms with Crippen molar-refractivity contribution >= 4 is 23.4 Å². The first-order chi connectivity index (χ1) is 14.0. The minimum absolute atomic E-state index is 0.0567. The Morgan fingerprint density at radius 1 is 1.17 bits per heavy atom. The van der Waals surface area contributed by atoms with Gasteiger partial charge >= 0.3 is 0 Å². The highest BCUT2D eigenvalue weighted by atomic mass is 35.5. The maximum absolute atomic E-state index is 12.9. The molecule has 1 aromatic carbocycles. The molecule has 1 saturated carbocycles. The molecule has 8 nitrogen and oxygen atoms in total. The smallest absolute Gasteiger partial charge is 0.249 e. The molecule has 0 radical (unpaired) electrons. The van der Waals surface area contributed by atoms with E-state index in [0.29, 0.717) is 61.6 Å². The van der Waals surface area contributed by atoms with Crippen molar-refractivity contribution in [2.75, 3.05) is 32.7 Å². The zero-order valence-electron chi connectivity index (χ0n) is 16.4. The van der Waals surface area contributed by atoms with Crippen molar-refractivity contribution in [3.8, 4) is 11.5 Å². The molecule has 0 atom stereocenters. The third kappa shape index (κ3) is 4.76. The van der Waals surface area contributed by atoms with Crippen molar-refractivity contribution < 1.29 is 14.0 Å². The van der Waals surface area contributed by atoms with Gasteiger partial charge in [-0.3, -0.25) is 14.5 Å². The predicted molar refractivity (Wildman–Crippen MR) is 107 cm³/mol. The second kappa shape index (κ2) is 8.51. The fourth-order valence-electron chi connectivity index (χ4n) is 3.52. The largest absolute Gasteiger partial charge is 0.419 e. The minimum atomic E-state index is 0.0567. The summed E-state index contributed by atoms with van der Waals surface area (Å²) in [6.45, 7) is 4.97. The van der Waals surface area contributed by atoms with Crippen LogP contribution in [0.15, 0.2) is 28.7 Å². The highest BCUT2D eigenvalue weighted by molar-refractivity contribution is 6.33. The Morgan fingerprint density at radius 2 is 1.90 bits per heavy atom. The van der Waals surface area contributed by atoms with Crippen molar-refractivity contribution in [2.45, 2.75) is 32.4 Å². The molecule has 2 aliphatic rings. The van der Waals surface area contributed by atoms with Crippen LogP contribution in [0.4, 0.5) is 0 Å². The monoisotopic (exact) mass is 417 g/mol. The molecule has 0 spiro atoms. The molecule has 9 heteroatoms. The highest BCUT2D eigenvalue weighted by Gasteiger charge is 2.34. The maximum Gasteiger partial charge on any atom is 0.249 e.